The van der Waals surface area contributed by atoms with E-state index >= 15 is 0 Å². The lowest BCUT2D eigenvalue weighted by Crippen LogP contribution is -2.39. The first-order valence-electron chi connectivity index (χ1n) is 11.9. The summed E-state index contributed by atoms with van der Waals surface area (Å²) in [4.78, 5) is 69.9. The fourth-order valence-electron chi connectivity index (χ4n) is 4.24. The molecule has 4 heterocycles. The Kier molecular flexibility index (Phi) is 8.25. The minimum absolute atomic E-state index is 0.0553. The second-order valence-electron chi connectivity index (χ2n) is 8.45. The van der Waals surface area contributed by atoms with Crippen molar-refractivity contribution in [3.8, 4) is 11.8 Å². The van der Waals surface area contributed by atoms with E-state index in [0.717, 1.165) is 5.56 Å². The smallest absolute Gasteiger partial charge is 0.352 e. The molecule has 2 aromatic heterocycles. The van der Waals surface area contributed by atoms with E-state index in [4.69, 9.17) is 8.83 Å². The molecule has 2 N–H and O–H groups in total. The number of amides is 4. The number of rotatable bonds is 2. The highest BCUT2D eigenvalue weighted by Crippen LogP contribution is 2.22. The lowest BCUT2D eigenvalue weighted by atomic mass is 9.96. The van der Waals surface area contributed by atoms with Gasteiger partial charge in [0, 0.05) is 5.56 Å². The van der Waals surface area contributed by atoms with Crippen molar-refractivity contribution in [3.63, 3.8) is 0 Å². The molecule has 4 amide bonds. The summed E-state index contributed by atoms with van der Waals surface area (Å²) in [5, 5.41) is 4.46. The Morgan fingerprint density at radius 3 is 1.79 bits per heavy atom. The maximum atomic E-state index is 12.2. The van der Waals surface area contributed by atoms with Gasteiger partial charge in [-0.25, -0.2) is 9.59 Å². The molecule has 0 bridgehead atoms. The van der Waals surface area contributed by atoms with Crippen molar-refractivity contribution in [3.05, 3.63) is 99.6 Å². The summed E-state index contributed by atoms with van der Waals surface area (Å²) in [6, 6.07) is 9.21. The van der Waals surface area contributed by atoms with Crippen molar-refractivity contribution in [1.82, 2.24) is 10.6 Å². The van der Waals surface area contributed by atoms with E-state index in [1.54, 1.807) is 0 Å². The highest BCUT2D eigenvalue weighted by atomic mass is 127. The molecule has 39 heavy (non-hydrogen) atoms. The number of hydrogen-bond donors (Lipinski definition) is 2. The average Bonchev–Trinajstić information content (AvgIpc) is 2.89. The average molecular weight is 640 g/mol. The third kappa shape index (κ3) is 5.75. The first kappa shape index (κ1) is 27.7. The largest absolute Gasteiger partial charge is 0.426 e. The van der Waals surface area contributed by atoms with Crippen molar-refractivity contribution in [1.29, 1.82) is 0 Å². The second kappa shape index (κ2) is 11.6. The van der Waals surface area contributed by atoms with E-state index in [9.17, 15) is 28.8 Å². The minimum Gasteiger partial charge on any atom is -0.426 e. The number of imide groups is 2. The molecule has 5 rings (SSSR count). The van der Waals surface area contributed by atoms with Gasteiger partial charge in [0.15, 0.2) is 0 Å². The summed E-state index contributed by atoms with van der Waals surface area (Å²) in [6.07, 6.45) is 0.818. The molecule has 0 aliphatic carbocycles. The number of halogens is 1. The van der Waals surface area contributed by atoms with Crippen molar-refractivity contribution in [2.45, 2.75) is 39.5 Å². The molecule has 0 atom stereocenters. The van der Waals surface area contributed by atoms with Gasteiger partial charge in [-0.15, -0.1) is 0 Å². The number of carbonyl (C=O) groups is 4. The molecule has 0 saturated heterocycles. The highest BCUT2D eigenvalue weighted by Gasteiger charge is 2.30. The molecular formula is C28H21IN2O8. The SMILES string of the molecule is CCc1c2c(oc(=O)c1C#Cc1ccccc1)CC(=O)NC2=O.CCc1c2c(oc(=O)c1I)CC(=O)NC2=O. The summed E-state index contributed by atoms with van der Waals surface area (Å²) in [7, 11) is 0. The Hall–Kier alpha value is -4.31. The maximum absolute atomic E-state index is 12.2. The first-order chi connectivity index (χ1) is 18.6. The van der Waals surface area contributed by atoms with E-state index < -0.39 is 34.9 Å². The molecule has 198 valence electrons. The van der Waals surface area contributed by atoms with E-state index in [-0.39, 0.29) is 35.5 Å². The summed E-state index contributed by atoms with van der Waals surface area (Å²) < 4.78 is 10.5. The molecule has 2 aliphatic rings. The van der Waals surface area contributed by atoms with Gasteiger partial charge in [0.1, 0.15) is 20.7 Å². The van der Waals surface area contributed by atoms with Gasteiger partial charge in [0.2, 0.25) is 11.8 Å². The number of benzene rings is 1. The van der Waals surface area contributed by atoms with E-state index in [2.05, 4.69) is 22.5 Å². The van der Waals surface area contributed by atoms with Crippen LogP contribution in [-0.4, -0.2) is 23.6 Å². The van der Waals surface area contributed by atoms with Crippen LogP contribution in [0.1, 0.15) is 68.3 Å². The molecule has 0 spiro atoms. The van der Waals surface area contributed by atoms with Crippen molar-refractivity contribution in [2.24, 2.45) is 0 Å². The lowest BCUT2D eigenvalue weighted by Gasteiger charge is -2.17. The maximum Gasteiger partial charge on any atom is 0.352 e. The Morgan fingerprint density at radius 2 is 1.26 bits per heavy atom. The van der Waals surface area contributed by atoms with Crippen LogP contribution in [0.3, 0.4) is 0 Å². The first-order valence-corrected chi connectivity index (χ1v) is 13.0. The van der Waals surface area contributed by atoms with E-state index in [1.807, 2.05) is 66.8 Å². The zero-order chi connectivity index (χ0) is 28.3. The van der Waals surface area contributed by atoms with Crippen LogP contribution in [0.2, 0.25) is 0 Å². The molecule has 11 heteroatoms. The molecule has 3 aromatic rings. The topological polar surface area (TPSA) is 153 Å². The Labute approximate surface area is 235 Å². The zero-order valence-electron chi connectivity index (χ0n) is 20.9. The van der Waals surface area contributed by atoms with Crippen LogP contribution in [0.25, 0.3) is 0 Å². The van der Waals surface area contributed by atoms with Gasteiger partial charge >= 0.3 is 11.3 Å². The predicted octanol–water partition coefficient (Wildman–Crippen LogP) is 2.03. The van der Waals surface area contributed by atoms with Crippen molar-refractivity contribution >= 4 is 46.2 Å². The monoisotopic (exact) mass is 640 g/mol. The molecule has 0 unspecified atom stereocenters. The van der Waals surface area contributed by atoms with Gasteiger partial charge in [-0.05, 0) is 58.7 Å². The number of hydrogen-bond acceptors (Lipinski definition) is 8. The molecule has 1 aromatic carbocycles. The van der Waals surface area contributed by atoms with Gasteiger partial charge in [0.05, 0.1) is 24.0 Å². The van der Waals surface area contributed by atoms with Gasteiger partial charge in [-0.2, -0.15) is 0 Å². The van der Waals surface area contributed by atoms with Crippen LogP contribution in [0, 0.1) is 15.4 Å². The third-order valence-corrected chi connectivity index (χ3v) is 7.05. The standard InChI is InChI=1S/C18H13NO4.C10H8INO4/c1-2-12-13(9-8-11-6-4-3-5-7-11)18(22)23-14-10-15(20)19-17(21)16(12)14;1-2-4-7-5(16-10(15)8(4)11)3-6(13)12-9(7)14/h3-7H,2,10H2,1H3,(H,19,20,21);2-3H2,1H3,(H,12,13,14). The van der Waals surface area contributed by atoms with Gasteiger partial charge in [0.25, 0.3) is 11.8 Å². The molecule has 0 fully saturated rings. The van der Waals surface area contributed by atoms with Crippen LogP contribution in [0.4, 0.5) is 0 Å². The van der Waals surface area contributed by atoms with Crippen LogP contribution in [0.5, 0.6) is 0 Å². The Balaban J connectivity index is 0.000000193. The Morgan fingerprint density at radius 1 is 0.744 bits per heavy atom. The predicted molar refractivity (Wildman–Crippen MR) is 146 cm³/mol. The zero-order valence-corrected chi connectivity index (χ0v) is 23.0. The summed E-state index contributed by atoms with van der Waals surface area (Å²) in [6.45, 7) is 3.67. The summed E-state index contributed by atoms with van der Waals surface area (Å²) in [5.41, 5.74) is 1.58. The van der Waals surface area contributed by atoms with E-state index in [1.165, 1.54) is 0 Å². The van der Waals surface area contributed by atoms with Gasteiger partial charge in [-0.1, -0.05) is 43.9 Å². The molecular weight excluding hydrogens is 619 g/mol. The molecule has 10 nitrogen and oxygen atoms in total. The van der Waals surface area contributed by atoms with Crippen LogP contribution in [0.15, 0.2) is 48.8 Å². The summed E-state index contributed by atoms with van der Waals surface area (Å²) >= 11 is 1.86. The second-order valence-corrected chi connectivity index (χ2v) is 9.53. The summed E-state index contributed by atoms with van der Waals surface area (Å²) in [5.74, 6) is 4.06. The third-order valence-electron chi connectivity index (χ3n) is 5.96. The molecule has 0 radical (unpaired) electrons. The lowest BCUT2D eigenvalue weighted by molar-refractivity contribution is -0.121. The molecule has 2 aliphatic heterocycles. The highest BCUT2D eigenvalue weighted by molar-refractivity contribution is 14.1. The van der Waals surface area contributed by atoms with Crippen LogP contribution < -0.4 is 21.9 Å². The Bertz CT molecular complexity index is 1710. The quantitative estimate of drug-likeness (QED) is 0.245. The van der Waals surface area contributed by atoms with E-state index in [0.29, 0.717) is 33.1 Å². The van der Waals surface area contributed by atoms with Crippen LogP contribution in [-0.2, 0) is 35.3 Å². The van der Waals surface area contributed by atoms with Crippen LogP contribution >= 0.6 is 22.6 Å². The number of fused-ring (bicyclic) bond motifs is 2. The number of carbonyl (C=O) groups excluding carboxylic acids is 4. The van der Waals surface area contributed by atoms with Crippen molar-refractivity contribution in [2.75, 3.05) is 0 Å². The fourth-order valence-corrected chi connectivity index (χ4v) is 5.00. The van der Waals surface area contributed by atoms with Gasteiger partial charge in [-0.3, -0.25) is 29.8 Å². The van der Waals surface area contributed by atoms with Crippen molar-refractivity contribution < 1.29 is 28.0 Å². The minimum atomic E-state index is -0.619. The number of nitrogens with one attached hydrogen (secondary N) is 2. The normalized spacial score (nSPS) is 13.6. The fraction of sp³-hybridized carbons (Fsp3) is 0.214. The van der Waals surface area contributed by atoms with Gasteiger partial charge < -0.3 is 8.83 Å². The molecule has 0 saturated carbocycles.